The van der Waals surface area contributed by atoms with E-state index in [4.69, 9.17) is 14.2 Å². The molecule has 3 fully saturated rings. The van der Waals surface area contributed by atoms with Crippen molar-refractivity contribution in [3.05, 3.63) is 23.8 Å². The van der Waals surface area contributed by atoms with Crippen LogP contribution in [0.15, 0.2) is 23.8 Å². The van der Waals surface area contributed by atoms with Gasteiger partial charge in [0.2, 0.25) is 0 Å². The zero-order valence-corrected chi connectivity index (χ0v) is 41.6. The van der Waals surface area contributed by atoms with Crippen LogP contribution < -0.4 is 0 Å². The molecule has 4 rings (SSSR count). The summed E-state index contributed by atoms with van der Waals surface area (Å²) >= 11 is 0. The molecule has 0 aromatic rings. The number of fused-ring (bicyclic) bond motifs is 5. The molecule has 0 N–H and O–H groups in total. The maximum absolute atomic E-state index is 6.59. The highest BCUT2D eigenvalue weighted by molar-refractivity contribution is 5.25. The number of nitrogens with zero attached hydrogens (tertiary/aromatic N) is 1. The first-order valence-electron chi connectivity index (χ1n) is 26.9. The van der Waals surface area contributed by atoms with Crippen molar-refractivity contribution in [2.75, 3.05) is 47.1 Å². The highest BCUT2D eigenvalue weighted by Crippen LogP contribution is 2.67. The van der Waals surface area contributed by atoms with Crippen molar-refractivity contribution in [2.24, 2.45) is 46.3 Å². The van der Waals surface area contributed by atoms with E-state index in [-0.39, 0.29) is 0 Å². The minimum atomic E-state index is 0.335. The second kappa shape index (κ2) is 29.0. The molecule has 4 aliphatic rings. The predicted molar refractivity (Wildman–Crippen MR) is 260 cm³/mol. The van der Waals surface area contributed by atoms with Gasteiger partial charge in [-0.1, -0.05) is 155 Å². The Morgan fingerprint density at radius 1 is 0.667 bits per heavy atom. The largest absolute Gasteiger partial charge is 0.380 e. The number of hydrogen-bond donors (Lipinski definition) is 0. The normalized spacial score (nSPS) is 28.9. The molecule has 0 radical (unpaired) electrons. The smallest absolute Gasteiger partial charge is 0.0644 e. The van der Waals surface area contributed by atoms with Gasteiger partial charge in [-0.3, -0.25) is 0 Å². The Labute approximate surface area is 375 Å². The average Bonchev–Trinajstić information content (AvgIpc) is 3.59. The Bertz CT molecular complexity index is 1160. The first-order chi connectivity index (χ1) is 29.1. The molecule has 0 bridgehead atoms. The van der Waals surface area contributed by atoms with Crippen molar-refractivity contribution in [3.63, 3.8) is 0 Å². The van der Waals surface area contributed by atoms with Crippen molar-refractivity contribution in [3.8, 4) is 0 Å². The van der Waals surface area contributed by atoms with Crippen molar-refractivity contribution >= 4 is 0 Å². The fourth-order valence-corrected chi connectivity index (χ4v) is 12.9. The number of ether oxygens (including phenoxy) is 3. The average molecular weight is 838 g/mol. The summed E-state index contributed by atoms with van der Waals surface area (Å²) in [5.41, 5.74) is 2.78. The van der Waals surface area contributed by atoms with Gasteiger partial charge in [-0.25, -0.2) is 0 Å². The lowest BCUT2D eigenvalue weighted by Crippen LogP contribution is -2.51. The summed E-state index contributed by atoms with van der Waals surface area (Å²) in [6.07, 6.45) is 47.0. The van der Waals surface area contributed by atoms with Crippen LogP contribution in [-0.2, 0) is 14.2 Å². The van der Waals surface area contributed by atoms with Gasteiger partial charge in [-0.05, 0) is 157 Å². The van der Waals surface area contributed by atoms with Crippen molar-refractivity contribution in [2.45, 2.75) is 240 Å². The van der Waals surface area contributed by atoms with Crippen LogP contribution in [0.3, 0.4) is 0 Å². The predicted octanol–water partition coefficient (Wildman–Crippen LogP) is 16.0. The minimum Gasteiger partial charge on any atom is -0.380 e. The van der Waals surface area contributed by atoms with Gasteiger partial charge in [0, 0.05) is 19.8 Å². The lowest BCUT2D eigenvalue weighted by Gasteiger charge is -2.58. The summed E-state index contributed by atoms with van der Waals surface area (Å²) in [5.74, 6) is 5.48. The quantitative estimate of drug-likeness (QED) is 0.0477. The maximum atomic E-state index is 6.59. The molecular weight excluding hydrogens is 735 g/mol. The molecule has 0 saturated heterocycles. The van der Waals surface area contributed by atoms with Gasteiger partial charge in [-0.2, -0.15) is 0 Å². The van der Waals surface area contributed by atoms with Gasteiger partial charge in [0.1, 0.15) is 0 Å². The molecule has 350 valence electrons. The van der Waals surface area contributed by atoms with E-state index in [2.05, 4.69) is 78.8 Å². The maximum Gasteiger partial charge on any atom is 0.0644 e. The molecule has 4 aliphatic carbocycles. The Balaban J connectivity index is 0.976. The van der Waals surface area contributed by atoms with E-state index < -0.39 is 0 Å². The fourth-order valence-electron chi connectivity index (χ4n) is 12.9. The molecule has 4 heteroatoms. The molecule has 0 aliphatic heterocycles. The topological polar surface area (TPSA) is 30.9 Å². The zero-order valence-electron chi connectivity index (χ0n) is 41.6. The number of rotatable bonds is 34. The van der Waals surface area contributed by atoms with Crippen LogP contribution in [0, 0.1) is 46.3 Å². The lowest BCUT2D eigenvalue weighted by molar-refractivity contribution is -0.0641. The number of unbranched alkanes of at least 4 members (excludes halogenated alkanes) is 15. The van der Waals surface area contributed by atoms with Crippen LogP contribution in [0.5, 0.6) is 0 Å². The van der Waals surface area contributed by atoms with Crippen LogP contribution in [0.4, 0.5) is 0 Å². The second-order valence-corrected chi connectivity index (χ2v) is 22.1. The highest BCUT2D eigenvalue weighted by Gasteiger charge is 2.59. The summed E-state index contributed by atoms with van der Waals surface area (Å²) in [4.78, 5) is 2.26. The molecule has 0 spiro atoms. The molecule has 0 aromatic carbocycles. The third kappa shape index (κ3) is 17.0. The summed E-state index contributed by atoms with van der Waals surface area (Å²) in [5, 5.41) is 0. The minimum absolute atomic E-state index is 0.335. The van der Waals surface area contributed by atoms with Crippen LogP contribution in [0.1, 0.15) is 228 Å². The molecule has 4 nitrogen and oxygen atoms in total. The Morgan fingerprint density at radius 3 is 1.88 bits per heavy atom. The highest BCUT2D eigenvalue weighted by atomic mass is 16.5. The third-order valence-corrected chi connectivity index (χ3v) is 16.9. The summed E-state index contributed by atoms with van der Waals surface area (Å²) < 4.78 is 18.8. The van der Waals surface area contributed by atoms with E-state index >= 15 is 0 Å². The van der Waals surface area contributed by atoms with Gasteiger partial charge in [0.25, 0.3) is 0 Å². The third-order valence-electron chi connectivity index (χ3n) is 16.9. The van der Waals surface area contributed by atoms with Crippen LogP contribution >= 0.6 is 0 Å². The summed E-state index contributed by atoms with van der Waals surface area (Å²) in [6.45, 7) is 19.3. The molecule has 2 unspecified atom stereocenters. The first kappa shape index (κ1) is 51.9. The molecule has 60 heavy (non-hydrogen) atoms. The first-order valence-corrected chi connectivity index (χ1v) is 26.9. The van der Waals surface area contributed by atoms with Gasteiger partial charge >= 0.3 is 0 Å². The molecule has 0 aromatic heterocycles. The SMILES string of the molecule is CCCCCCCC/C=C\CCCCCCCCOCC(COCCCCCCO[C@H]1CC[C@@]2(C)C(=CC[C@H]3[C@@H]4CC[C@H](C(C)CCCC(C)C)[C@@]4(C)CC[C@@H]32)C1)N(C)C. The fraction of sp³-hybridized carbons (Fsp3) is 0.929. The van der Waals surface area contributed by atoms with E-state index in [1.165, 1.54) is 180 Å². The molecular formula is C56H103NO3. The van der Waals surface area contributed by atoms with Gasteiger partial charge in [-0.15, -0.1) is 0 Å². The van der Waals surface area contributed by atoms with Gasteiger partial charge < -0.3 is 19.1 Å². The standard InChI is InChI=1S/C56H103NO3/c1-9-10-11-12-13-14-15-16-17-18-19-20-21-22-23-26-40-58-44-49(57(7)8)45-59-41-27-24-25-28-42-60-50-36-38-55(5)48(43-50)32-33-51-53-35-34-52(47(4)31-29-30-46(2)3)56(53,6)39-37-54(51)55/h16-17,32,46-47,49-54H,9-15,18-31,33-45H2,1-8H3/b17-16-/t47?,49?,50-,51-,52+,53-,54-,55-,56+/m0/s1. The van der Waals surface area contributed by atoms with E-state index in [1.54, 1.807) is 5.57 Å². The molecule has 0 heterocycles. The summed E-state index contributed by atoms with van der Waals surface area (Å²) in [6, 6.07) is 0.335. The van der Waals surface area contributed by atoms with E-state index in [0.29, 0.717) is 23.0 Å². The molecule has 9 atom stereocenters. The Morgan fingerprint density at radius 2 is 1.27 bits per heavy atom. The number of hydrogen-bond acceptors (Lipinski definition) is 4. The van der Waals surface area contributed by atoms with Crippen LogP contribution in [0.25, 0.3) is 0 Å². The van der Waals surface area contributed by atoms with E-state index in [1.807, 2.05) is 0 Å². The van der Waals surface area contributed by atoms with Gasteiger partial charge in [0.15, 0.2) is 0 Å². The van der Waals surface area contributed by atoms with Crippen LogP contribution in [-0.4, -0.2) is 64.2 Å². The zero-order chi connectivity index (χ0) is 43.1. The number of allylic oxidation sites excluding steroid dienone is 3. The monoisotopic (exact) mass is 838 g/mol. The molecule has 3 saturated carbocycles. The molecule has 0 amide bonds. The number of likely N-dealkylation sites (N-methyl/N-ethyl adjacent to an activating group) is 1. The van der Waals surface area contributed by atoms with Crippen LogP contribution in [0.2, 0.25) is 0 Å². The lowest BCUT2D eigenvalue weighted by atomic mass is 9.47. The summed E-state index contributed by atoms with van der Waals surface area (Å²) in [7, 11) is 4.31. The van der Waals surface area contributed by atoms with Crippen molar-refractivity contribution < 1.29 is 14.2 Å². The Kier molecular flexibility index (Phi) is 25.1. The van der Waals surface area contributed by atoms with Crippen molar-refractivity contribution in [1.82, 2.24) is 4.90 Å². The second-order valence-electron chi connectivity index (χ2n) is 22.1. The Hall–Kier alpha value is -0.680. The van der Waals surface area contributed by atoms with Gasteiger partial charge in [0.05, 0.1) is 25.4 Å². The van der Waals surface area contributed by atoms with E-state index in [9.17, 15) is 0 Å². The van der Waals surface area contributed by atoms with Crippen molar-refractivity contribution in [1.29, 1.82) is 0 Å². The van der Waals surface area contributed by atoms with E-state index in [0.717, 1.165) is 75.0 Å².